The lowest BCUT2D eigenvalue weighted by Gasteiger charge is -2.27. The van der Waals surface area contributed by atoms with E-state index >= 15 is 0 Å². The molecule has 0 amide bonds. The molecule has 0 bridgehead atoms. The average Bonchev–Trinajstić information content (AvgIpc) is 2.66. The van der Waals surface area contributed by atoms with Crippen LogP contribution in [0.1, 0.15) is 18.9 Å². The lowest BCUT2D eigenvalue weighted by atomic mass is 10.1. The Balaban J connectivity index is 2.53. The van der Waals surface area contributed by atoms with E-state index in [2.05, 4.69) is 4.98 Å². The summed E-state index contributed by atoms with van der Waals surface area (Å²) in [5.74, 6) is -0.266. The van der Waals surface area contributed by atoms with Crippen LogP contribution in [0.5, 0.6) is 0 Å². The molecule has 0 fully saturated rings. The summed E-state index contributed by atoms with van der Waals surface area (Å²) in [6.07, 6.45) is 1.74. The first kappa shape index (κ1) is 12.5. The minimum absolute atomic E-state index is 0.489. The van der Waals surface area contributed by atoms with Crippen molar-refractivity contribution in [3.8, 4) is 0 Å². The third-order valence-electron chi connectivity index (χ3n) is 2.07. The number of carboxylic acids is 1. The lowest BCUT2D eigenvalue weighted by Crippen LogP contribution is -2.46. The highest BCUT2D eigenvalue weighted by molar-refractivity contribution is 8.00. The third-order valence-corrected chi connectivity index (χ3v) is 4.44. The number of nitrogens with two attached hydrogens (primary N) is 1. The minimum atomic E-state index is -0.966. The molecule has 6 heteroatoms. The second-order valence-electron chi connectivity index (χ2n) is 3.63. The molecule has 1 aromatic heterocycles. The van der Waals surface area contributed by atoms with E-state index in [1.165, 1.54) is 11.8 Å². The molecule has 0 aliphatic rings. The van der Waals surface area contributed by atoms with Gasteiger partial charge in [-0.2, -0.15) is 0 Å². The van der Waals surface area contributed by atoms with Crippen LogP contribution in [0.25, 0.3) is 0 Å². The van der Waals surface area contributed by atoms with Crippen LogP contribution >= 0.6 is 23.1 Å². The highest BCUT2D eigenvalue weighted by Gasteiger charge is 2.32. The van der Waals surface area contributed by atoms with Crippen molar-refractivity contribution in [2.24, 2.45) is 5.73 Å². The van der Waals surface area contributed by atoms with Gasteiger partial charge in [0, 0.05) is 22.1 Å². The van der Waals surface area contributed by atoms with Crippen LogP contribution in [0.3, 0.4) is 0 Å². The summed E-state index contributed by atoms with van der Waals surface area (Å²) in [6, 6.07) is -0.859. The van der Waals surface area contributed by atoms with Crippen LogP contribution in [0, 0.1) is 0 Å². The molecule has 4 nitrogen and oxygen atoms in total. The fourth-order valence-electron chi connectivity index (χ4n) is 0.959. The van der Waals surface area contributed by atoms with E-state index in [1.807, 2.05) is 19.2 Å². The van der Waals surface area contributed by atoms with Gasteiger partial charge in [-0.25, -0.2) is 4.98 Å². The molecule has 0 unspecified atom stereocenters. The summed E-state index contributed by atoms with van der Waals surface area (Å²) in [5, 5.41) is 11.7. The second-order valence-corrected chi connectivity index (χ2v) is 6.24. The summed E-state index contributed by atoms with van der Waals surface area (Å²) < 4.78 is -0.489. The van der Waals surface area contributed by atoms with E-state index < -0.39 is 16.8 Å². The van der Waals surface area contributed by atoms with Gasteiger partial charge in [0.05, 0.1) is 0 Å². The number of nitrogens with zero attached hydrogens (tertiary/aromatic N) is 1. The smallest absolute Gasteiger partial charge is 0.321 e. The summed E-state index contributed by atoms with van der Waals surface area (Å²) in [6.45, 7) is 3.67. The Kier molecular flexibility index (Phi) is 4.12. The van der Waals surface area contributed by atoms with Gasteiger partial charge >= 0.3 is 5.97 Å². The van der Waals surface area contributed by atoms with Crippen molar-refractivity contribution >= 4 is 29.1 Å². The Morgan fingerprint density at radius 1 is 1.80 bits per heavy atom. The average molecular weight is 246 g/mol. The molecule has 84 valence electrons. The minimum Gasteiger partial charge on any atom is -0.480 e. The van der Waals surface area contributed by atoms with Crippen molar-refractivity contribution in [3.63, 3.8) is 0 Å². The number of carbonyl (C=O) groups is 1. The molecule has 0 aromatic carbocycles. The standard InChI is InChI=1S/C9H14N2O2S2/c1-9(2,7(10)8(12)13)15-5-6-11-3-4-14-6/h3-4,7H,5,10H2,1-2H3,(H,12,13)/t7-/m0/s1. The monoisotopic (exact) mass is 246 g/mol. The highest BCUT2D eigenvalue weighted by Crippen LogP contribution is 2.30. The third kappa shape index (κ3) is 3.48. The van der Waals surface area contributed by atoms with Crippen LogP contribution in [0.4, 0.5) is 0 Å². The zero-order chi connectivity index (χ0) is 11.5. The van der Waals surface area contributed by atoms with Gasteiger partial charge < -0.3 is 10.8 Å². The first-order valence-corrected chi connectivity index (χ1v) is 6.30. The maximum Gasteiger partial charge on any atom is 0.321 e. The van der Waals surface area contributed by atoms with E-state index in [4.69, 9.17) is 10.8 Å². The first-order chi connectivity index (χ1) is 6.93. The predicted molar refractivity (Wildman–Crippen MR) is 63.1 cm³/mol. The summed E-state index contributed by atoms with van der Waals surface area (Å²) in [4.78, 5) is 14.9. The van der Waals surface area contributed by atoms with Crippen LogP contribution < -0.4 is 5.73 Å². The van der Waals surface area contributed by atoms with Crippen molar-refractivity contribution in [1.29, 1.82) is 0 Å². The first-order valence-electron chi connectivity index (χ1n) is 4.44. The summed E-state index contributed by atoms with van der Waals surface area (Å²) in [5.41, 5.74) is 5.60. The number of aromatic nitrogens is 1. The van der Waals surface area contributed by atoms with Gasteiger partial charge in [0.25, 0.3) is 0 Å². The maximum absolute atomic E-state index is 10.8. The van der Waals surface area contributed by atoms with E-state index in [0.717, 1.165) is 5.01 Å². The Morgan fingerprint density at radius 2 is 2.47 bits per heavy atom. The van der Waals surface area contributed by atoms with Gasteiger partial charge in [-0.15, -0.1) is 23.1 Å². The number of thiazole rings is 1. The normalized spacial score (nSPS) is 13.8. The van der Waals surface area contributed by atoms with Crippen molar-refractivity contribution in [3.05, 3.63) is 16.6 Å². The van der Waals surface area contributed by atoms with Gasteiger partial charge in [-0.05, 0) is 13.8 Å². The topological polar surface area (TPSA) is 76.2 Å². The number of carboxylic acid groups (broad SMARTS) is 1. The molecule has 0 radical (unpaired) electrons. The van der Waals surface area contributed by atoms with Crippen LogP contribution in [-0.2, 0) is 10.5 Å². The van der Waals surface area contributed by atoms with Crippen LogP contribution in [0.15, 0.2) is 11.6 Å². The molecule has 0 aliphatic carbocycles. The molecular weight excluding hydrogens is 232 g/mol. The highest BCUT2D eigenvalue weighted by atomic mass is 32.2. The van der Waals surface area contributed by atoms with E-state index in [1.54, 1.807) is 17.5 Å². The van der Waals surface area contributed by atoms with Crippen molar-refractivity contribution in [2.75, 3.05) is 0 Å². The summed E-state index contributed by atoms with van der Waals surface area (Å²) in [7, 11) is 0. The molecule has 1 heterocycles. The largest absolute Gasteiger partial charge is 0.480 e. The number of aliphatic carboxylic acids is 1. The van der Waals surface area contributed by atoms with Crippen molar-refractivity contribution < 1.29 is 9.90 Å². The molecule has 0 spiro atoms. The van der Waals surface area contributed by atoms with Gasteiger partial charge in [-0.1, -0.05) is 0 Å². The molecule has 0 saturated carbocycles. The Hall–Kier alpha value is -0.590. The molecule has 0 saturated heterocycles. The Labute approximate surface area is 96.9 Å². The van der Waals surface area contributed by atoms with Gasteiger partial charge in [0.1, 0.15) is 11.0 Å². The Bertz CT molecular complexity index is 325. The fraction of sp³-hybridized carbons (Fsp3) is 0.556. The Morgan fingerprint density at radius 3 is 2.93 bits per heavy atom. The number of rotatable bonds is 5. The van der Waals surface area contributed by atoms with Crippen LogP contribution in [0.2, 0.25) is 0 Å². The van der Waals surface area contributed by atoms with Crippen molar-refractivity contribution in [1.82, 2.24) is 4.98 Å². The molecule has 3 N–H and O–H groups in total. The number of thioether (sulfide) groups is 1. The fourth-order valence-corrected chi connectivity index (χ4v) is 2.66. The molecule has 0 aliphatic heterocycles. The molecular formula is C9H14N2O2S2. The molecule has 15 heavy (non-hydrogen) atoms. The predicted octanol–water partition coefficient (Wildman–Crippen LogP) is 1.57. The second kappa shape index (κ2) is 4.96. The van der Waals surface area contributed by atoms with Crippen LogP contribution in [-0.4, -0.2) is 26.8 Å². The summed E-state index contributed by atoms with van der Waals surface area (Å²) >= 11 is 3.08. The van der Waals surface area contributed by atoms with E-state index in [9.17, 15) is 4.79 Å². The van der Waals surface area contributed by atoms with Gasteiger partial charge in [0.15, 0.2) is 0 Å². The zero-order valence-corrected chi connectivity index (χ0v) is 10.3. The molecule has 1 aromatic rings. The SMILES string of the molecule is CC(C)(SCc1nccs1)[C@@H](N)C(=O)O. The van der Waals surface area contributed by atoms with E-state index in [-0.39, 0.29) is 0 Å². The lowest BCUT2D eigenvalue weighted by molar-refractivity contribution is -0.139. The van der Waals surface area contributed by atoms with Crippen molar-refractivity contribution in [2.45, 2.75) is 30.4 Å². The number of hydrogen-bond donors (Lipinski definition) is 2. The number of hydrogen-bond acceptors (Lipinski definition) is 5. The van der Waals surface area contributed by atoms with E-state index in [0.29, 0.717) is 5.75 Å². The van der Waals surface area contributed by atoms with Gasteiger partial charge in [-0.3, -0.25) is 4.79 Å². The maximum atomic E-state index is 10.8. The molecule has 1 atom stereocenters. The quantitative estimate of drug-likeness (QED) is 0.824. The molecule has 1 rings (SSSR count). The van der Waals surface area contributed by atoms with Gasteiger partial charge in [0.2, 0.25) is 0 Å². The zero-order valence-electron chi connectivity index (χ0n) is 8.64.